The molecule has 178 valence electrons. The molecule has 11 atom stereocenters. The minimum absolute atomic E-state index is 0. The molecule has 0 radical (unpaired) electrons. The zero-order valence-electron chi connectivity index (χ0n) is 23.0. The summed E-state index contributed by atoms with van der Waals surface area (Å²) in [6.07, 6.45) is 12.8. The summed E-state index contributed by atoms with van der Waals surface area (Å²) in [5.41, 5.74) is 1.66. The van der Waals surface area contributed by atoms with Gasteiger partial charge in [0.05, 0.1) is 0 Å². The predicted molar refractivity (Wildman–Crippen MR) is 128 cm³/mol. The van der Waals surface area contributed by atoms with Crippen LogP contribution in [-0.2, 0) is 0 Å². The van der Waals surface area contributed by atoms with E-state index in [2.05, 4.69) is 55.4 Å². The molecule has 0 aromatic heterocycles. The average Bonchev–Trinajstić information content (AvgIpc) is 2.69. The Bertz CT molecular complexity index is 732. The molecular weight excluding hydrogens is 383 g/mol. The van der Waals surface area contributed by atoms with Crippen molar-refractivity contribution in [1.29, 1.82) is 0 Å². The van der Waals surface area contributed by atoms with Gasteiger partial charge in [-0.1, -0.05) is 61.8 Å². The summed E-state index contributed by atoms with van der Waals surface area (Å²) in [4.78, 5) is 0. The van der Waals surface area contributed by atoms with E-state index in [1.165, 1.54) is 51.4 Å². The normalized spacial score (nSPS) is 59.0. The number of rotatable bonds is 0. The van der Waals surface area contributed by atoms with Crippen molar-refractivity contribution in [2.45, 2.75) is 126 Å². The summed E-state index contributed by atoms with van der Waals surface area (Å²) in [6.45, 7) is 20.6. The summed E-state index contributed by atoms with van der Waals surface area (Å²) in [6, 6.07) is 0. The van der Waals surface area contributed by atoms with Gasteiger partial charge in [0.2, 0.25) is 0 Å². The molecule has 0 aromatic carbocycles. The van der Waals surface area contributed by atoms with Gasteiger partial charge in [-0.15, -0.1) is 6.10 Å². The zero-order chi connectivity index (χ0) is 22.6. The van der Waals surface area contributed by atoms with Crippen molar-refractivity contribution in [3.63, 3.8) is 0 Å². The van der Waals surface area contributed by atoms with E-state index in [1.807, 2.05) is 0 Å². The smallest absolute Gasteiger partial charge is 0.852 e. The van der Waals surface area contributed by atoms with E-state index in [9.17, 15) is 5.11 Å². The van der Waals surface area contributed by atoms with Crippen molar-refractivity contribution in [2.24, 2.45) is 62.6 Å². The third-order valence-electron chi connectivity index (χ3n) is 13.9. The van der Waals surface area contributed by atoms with E-state index < -0.39 is 0 Å². The fraction of sp³-hybridized carbons (Fsp3) is 1.00. The molecule has 5 rings (SSSR count). The van der Waals surface area contributed by atoms with Crippen molar-refractivity contribution < 1.29 is 24.0 Å². The second-order valence-electron chi connectivity index (χ2n) is 15.1. The minimum atomic E-state index is -0.349. The Balaban J connectivity index is 0.00000245. The van der Waals surface area contributed by atoms with Gasteiger partial charge < -0.3 is 5.11 Å². The Kier molecular flexibility index (Phi) is 6.23. The third-order valence-corrected chi connectivity index (χ3v) is 13.9. The van der Waals surface area contributed by atoms with Crippen LogP contribution in [0.25, 0.3) is 0 Å². The summed E-state index contributed by atoms with van der Waals surface area (Å²) in [7, 11) is 0. The molecule has 0 amide bonds. The number of fused-ring (bicyclic) bond motifs is 7. The summed E-state index contributed by atoms with van der Waals surface area (Å²) in [5.74, 6) is 4.75. The molecule has 0 aromatic rings. The van der Waals surface area contributed by atoms with Gasteiger partial charge in [-0.05, 0) is 120 Å². The van der Waals surface area contributed by atoms with Crippen molar-refractivity contribution in [1.82, 2.24) is 0 Å². The van der Waals surface area contributed by atoms with E-state index in [1.54, 1.807) is 0 Å². The van der Waals surface area contributed by atoms with Crippen LogP contribution in [-0.4, -0.2) is 6.10 Å². The molecule has 0 bridgehead atoms. The molecule has 5 aliphatic rings. The SMILES string of the molecule is C[C@@H]1[C@H]2[C@H]3CC[C@@H]4[C@@]5(C)C([O-])CCC(C)(C)[C@@H]5CC[C@@]4(C)[C@]3(C)CC[C@@]2(C)CC[C@H]1C.[Li+]. The van der Waals surface area contributed by atoms with Crippen LogP contribution in [0.4, 0.5) is 0 Å². The van der Waals surface area contributed by atoms with E-state index >= 15 is 0 Å². The van der Waals surface area contributed by atoms with E-state index in [-0.39, 0.29) is 30.4 Å². The second kappa shape index (κ2) is 7.78. The van der Waals surface area contributed by atoms with Crippen LogP contribution in [0.1, 0.15) is 120 Å². The fourth-order valence-electron chi connectivity index (χ4n) is 11.6. The topological polar surface area (TPSA) is 23.1 Å². The Morgan fingerprint density at radius 1 is 0.656 bits per heavy atom. The first-order chi connectivity index (χ1) is 14.3. The van der Waals surface area contributed by atoms with Gasteiger partial charge in [0.1, 0.15) is 0 Å². The predicted octanol–water partition coefficient (Wildman–Crippen LogP) is 4.48. The minimum Gasteiger partial charge on any atom is -0.852 e. The van der Waals surface area contributed by atoms with Crippen molar-refractivity contribution in [3.8, 4) is 0 Å². The molecule has 5 saturated carbocycles. The molecule has 2 heteroatoms. The van der Waals surface area contributed by atoms with Crippen molar-refractivity contribution in [2.75, 3.05) is 0 Å². The Morgan fingerprint density at radius 2 is 1.34 bits per heavy atom. The van der Waals surface area contributed by atoms with Crippen LogP contribution in [0.3, 0.4) is 0 Å². The maximum Gasteiger partial charge on any atom is 1.00 e. The Hall–Kier alpha value is 0.557. The Labute approximate surface area is 211 Å². The van der Waals surface area contributed by atoms with Crippen molar-refractivity contribution in [3.05, 3.63) is 0 Å². The number of hydrogen-bond donors (Lipinski definition) is 0. The molecule has 0 N–H and O–H groups in total. The first kappa shape index (κ1) is 25.6. The fourth-order valence-corrected chi connectivity index (χ4v) is 11.6. The van der Waals surface area contributed by atoms with Gasteiger partial charge in [0.15, 0.2) is 0 Å². The average molecular weight is 435 g/mol. The van der Waals surface area contributed by atoms with Crippen LogP contribution in [0.15, 0.2) is 0 Å². The third kappa shape index (κ3) is 3.05. The molecule has 5 aliphatic carbocycles. The van der Waals surface area contributed by atoms with Crippen molar-refractivity contribution >= 4 is 0 Å². The van der Waals surface area contributed by atoms with Crippen LogP contribution in [0, 0.1) is 62.6 Å². The summed E-state index contributed by atoms with van der Waals surface area (Å²) < 4.78 is 0. The monoisotopic (exact) mass is 434 g/mol. The van der Waals surface area contributed by atoms with Gasteiger partial charge in [0, 0.05) is 0 Å². The van der Waals surface area contributed by atoms with E-state index in [0.717, 1.165) is 36.5 Å². The largest absolute Gasteiger partial charge is 1.00 e. The second-order valence-corrected chi connectivity index (χ2v) is 15.1. The molecule has 1 nitrogen and oxygen atoms in total. The van der Waals surface area contributed by atoms with Gasteiger partial charge in [0.25, 0.3) is 0 Å². The van der Waals surface area contributed by atoms with Crippen LogP contribution in [0.5, 0.6) is 0 Å². The molecular formula is C30H51LiO. The van der Waals surface area contributed by atoms with Crippen LogP contribution >= 0.6 is 0 Å². The van der Waals surface area contributed by atoms with Gasteiger partial charge >= 0.3 is 18.9 Å². The maximum atomic E-state index is 13.8. The molecule has 0 heterocycles. The van der Waals surface area contributed by atoms with Crippen LogP contribution in [0.2, 0.25) is 0 Å². The summed E-state index contributed by atoms with van der Waals surface area (Å²) in [5, 5.41) is 13.8. The van der Waals surface area contributed by atoms with Gasteiger partial charge in [-0.3, -0.25) is 0 Å². The van der Waals surface area contributed by atoms with Gasteiger partial charge in [-0.2, -0.15) is 0 Å². The number of hydrogen-bond acceptors (Lipinski definition) is 1. The molecule has 0 saturated heterocycles. The van der Waals surface area contributed by atoms with E-state index in [0.29, 0.717) is 33.5 Å². The first-order valence-electron chi connectivity index (χ1n) is 14.0. The van der Waals surface area contributed by atoms with Crippen LogP contribution < -0.4 is 24.0 Å². The molecule has 32 heavy (non-hydrogen) atoms. The molecule has 0 aliphatic heterocycles. The van der Waals surface area contributed by atoms with E-state index in [4.69, 9.17) is 0 Å². The summed E-state index contributed by atoms with van der Waals surface area (Å²) >= 11 is 0. The maximum absolute atomic E-state index is 13.8. The molecule has 0 spiro atoms. The molecule has 5 fully saturated rings. The Morgan fingerprint density at radius 3 is 2.03 bits per heavy atom. The van der Waals surface area contributed by atoms with Gasteiger partial charge in [-0.25, -0.2) is 0 Å². The zero-order valence-corrected chi connectivity index (χ0v) is 23.0. The standard InChI is InChI=1S/C30H51O.Li/c1-19-11-15-27(5)17-18-28(6)21(25(27)20(19)2)9-10-23-29(28,7)16-12-22-26(3,4)14-13-24(31)30(22,23)8;/h19-25H,9-18H2,1-8H3;/q-1;+1/t19-,20+,21-,22+,23+,24?,25+,27-,28-,29-,30+;/m1./s1. The first-order valence-corrected chi connectivity index (χ1v) is 14.0. The quantitative estimate of drug-likeness (QED) is 0.516. The molecule has 1 unspecified atom stereocenters.